The van der Waals surface area contributed by atoms with Crippen molar-refractivity contribution in [2.24, 2.45) is 0 Å². The second-order valence-corrected chi connectivity index (χ2v) is 4.88. The zero-order chi connectivity index (χ0) is 12.8. The highest BCUT2D eigenvalue weighted by molar-refractivity contribution is 9.10. The van der Waals surface area contributed by atoms with Crippen molar-refractivity contribution in [3.63, 3.8) is 0 Å². The van der Waals surface area contributed by atoms with Crippen LogP contribution in [0.25, 0.3) is 0 Å². The van der Waals surface area contributed by atoms with Crippen LogP contribution in [0.15, 0.2) is 41.3 Å². The third kappa shape index (κ3) is 3.53. The van der Waals surface area contributed by atoms with Crippen LogP contribution in [-0.2, 0) is 6.42 Å². The lowest BCUT2D eigenvalue weighted by Gasteiger charge is -2.06. The molecule has 4 heteroatoms. The molecule has 0 atom stereocenters. The van der Waals surface area contributed by atoms with Crippen LogP contribution < -0.4 is 4.74 Å². The highest BCUT2D eigenvalue weighted by atomic mass is 79.9. The van der Waals surface area contributed by atoms with Crippen molar-refractivity contribution in [1.82, 2.24) is 9.97 Å². The van der Waals surface area contributed by atoms with Crippen molar-refractivity contribution >= 4 is 15.9 Å². The highest BCUT2D eigenvalue weighted by Gasteiger charge is 2.03. The molecule has 0 amide bonds. The Labute approximate surface area is 115 Å². The number of aromatic nitrogens is 2. The molecule has 18 heavy (non-hydrogen) atoms. The Kier molecular flexibility index (Phi) is 4.70. The summed E-state index contributed by atoms with van der Waals surface area (Å²) in [6.45, 7) is 2.20. The van der Waals surface area contributed by atoms with E-state index in [-0.39, 0.29) is 0 Å². The summed E-state index contributed by atoms with van der Waals surface area (Å²) in [7, 11) is 0. The second-order valence-electron chi connectivity index (χ2n) is 4.03. The molecule has 0 radical (unpaired) electrons. The molecule has 0 bridgehead atoms. The zero-order valence-corrected chi connectivity index (χ0v) is 11.9. The molecule has 1 aromatic carbocycles. The fourth-order valence-electron chi connectivity index (χ4n) is 1.59. The van der Waals surface area contributed by atoms with Gasteiger partial charge in [-0.2, -0.15) is 0 Å². The summed E-state index contributed by atoms with van der Waals surface area (Å²) in [5.41, 5.74) is 1.34. The van der Waals surface area contributed by atoms with Crippen molar-refractivity contribution in [3.05, 3.63) is 46.8 Å². The number of aryl methyl sites for hydroxylation is 1. The van der Waals surface area contributed by atoms with Gasteiger partial charge in [0, 0.05) is 6.20 Å². The van der Waals surface area contributed by atoms with E-state index >= 15 is 0 Å². The average Bonchev–Trinajstić information content (AvgIpc) is 2.41. The SMILES string of the molecule is CCCCc1ccc(Oc2ncncc2Br)cc1. The molecular formula is C14H15BrN2O. The topological polar surface area (TPSA) is 35.0 Å². The smallest absolute Gasteiger partial charge is 0.236 e. The van der Waals surface area contributed by atoms with Crippen LogP contribution in [0.2, 0.25) is 0 Å². The van der Waals surface area contributed by atoms with Gasteiger partial charge in [0.2, 0.25) is 5.88 Å². The highest BCUT2D eigenvalue weighted by Crippen LogP contribution is 2.26. The summed E-state index contributed by atoms with van der Waals surface area (Å²) < 4.78 is 6.42. The summed E-state index contributed by atoms with van der Waals surface area (Å²) in [6, 6.07) is 8.14. The summed E-state index contributed by atoms with van der Waals surface area (Å²) in [4.78, 5) is 7.96. The second kappa shape index (κ2) is 6.50. The first-order valence-corrected chi connectivity index (χ1v) is 6.81. The van der Waals surface area contributed by atoms with Crippen molar-refractivity contribution in [3.8, 4) is 11.6 Å². The van der Waals surface area contributed by atoms with E-state index < -0.39 is 0 Å². The minimum Gasteiger partial charge on any atom is -0.438 e. The maximum atomic E-state index is 5.67. The Morgan fingerprint density at radius 2 is 2.00 bits per heavy atom. The Balaban J connectivity index is 2.04. The largest absolute Gasteiger partial charge is 0.438 e. The minimum atomic E-state index is 0.534. The predicted molar refractivity (Wildman–Crippen MR) is 74.9 cm³/mol. The summed E-state index contributed by atoms with van der Waals surface area (Å²) >= 11 is 3.35. The number of nitrogens with zero attached hydrogens (tertiary/aromatic N) is 2. The maximum Gasteiger partial charge on any atom is 0.236 e. The molecule has 3 nitrogen and oxygen atoms in total. The van der Waals surface area contributed by atoms with Crippen LogP contribution in [0.3, 0.4) is 0 Å². The quantitative estimate of drug-likeness (QED) is 0.822. The molecule has 0 unspecified atom stereocenters. The van der Waals surface area contributed by atoms with E-state index in [0.29, 0.717) is 5.88 Å². The fraction of sp³-hybridized carbons (Fsp3) is 0.286. The van der Waals surface area contributed by atoms with E-state index in [0.717, 1.165) is 16.6 Å². The van der Waals surface area contributed by atoms with Crippen molar-refractivity contribution in [2.45, 2.75) is 26.2 Å². The Morgan fingerprint density at radius 3 is 2.67 bits per heavy atom. The van der Waals surface area contributed by atoms with Gasteiger partial charge in [-0.25, -0.2) is 9.97 Å². The van der Waals surface area contributed by atoms with Crippen LogP contribution in [0.4, 0.5) is 0 Å². The first-order valence-electron chi connectivity index (χ1n) is 6.02. The number of unbranched alkanes of at least 4 members (excludes halogenated alkanes) is 1. The first-order chi connectivity index (χ1) is 8.79. The van der Waals surface area contributed by atoms with Crippen LogP contribution in [-0.4, -0.2) is 9.97 Å². The molecule has 0 aliphatic heterocycles. The Bertz CT molecular complexity index is 499. The normalized spacial score (nSPS) is 10.3. The lowest BCUT2D eigenvalue weighted by atomic mass is 10.1. The molecule has 0 aliphatic carbocycles. The molecule has 2 rings (SSSR count). The van der Waals surface area contributed by atoms with Gasteiger partial charge in [-0.15, -0.1) is 0 Å². The van der Waals surface area contributed by atoms with E-state index in [2.05, 4.69) is 45.0 Å². The van der Waals surface area contributed by atoms with E-state index in [4.69, 9.17) is 4.74 Å². The van der Waals surface area contributed by atoms with Gasteiger partial charge in [-0.3, -0.25) is 0 Å². The lowest BCUT2D eigenvalue weighted by molar-refractivity contribution is 0.458. The third-order valence-corrected chi connectivity index (χ3v) is 3.13. The molecule has 0 fully saturated rings. The lowest BCUT2D eigenvalue weighted by Crippen LogP contribution is -1.90. The van der Waals surface area contributed by atoms with Crippen LogP contribution in [0, 0.1) is 0 Å². The van der Waals surface area contributed by atoms with Crippen LogP contribution >= 0.6 is 15.9 Å². The molecule has 94 valence electrons. The summed E-state index contributed by atoms with van der Waals surface area (Å²) in [5, 5.41) is 0. The van der Waals surface area contributed by atoms with E-state index in [9.17, 15) is 0 Å². The average molecular weight is 307 g/mol. The summed E-state index contributed by atoms with van der Waals surface area (Å²) in [5.74, 6) is 1.32. The van der Waals surface area contributed by atoms with E-state index in [1.165, 1.54) is 24.7 Å². The fourth-order valence-corrected chi connectivity index (χ4v) is 1.89. The molecule has 0 aliphatic rings. The number of benzene rings is 1. The van der Waals surface area contributed by atoms with E-state index in [1.54, 1.807) is 6.20 Å². The third-order valence-electron chi connectivity index (χ3n) is 2.59. The number of hydrogen-bond donors (Lipinski definition) is 0. The molecule has 0 N–H and O–H groups in total. The molecule has 0 saturated heterocycles. The molecular weight excluding hydrogens is 292 g/mol. The van der Waals surface area contributed by atoms with Gasteiger partial charge in [-0.05, 0) is 46.5 Å². The van der Waals surface area contributed by atoms with Crippen molar-refractivity contribution in [1.29, 1.82) is 0 Å². The zero-order valence-electron chi connectivity index (χ0n) is 10.3. The van der Waals surface area contributed by atoms with Gasteiger partial charge in [-0.1, -0.05) is 25.5 Å². The number of hydrogen-bond acceptors (Lipinski definition) is 3. The number of rotatable bonds is 5. The van der Waals surface area contributed by atoms with Crippen molar-refractivity contribution < 1.29 is 4.74 Å². The van der Waals surface area contributed by atoms with Gasteiger partial charge in [0.15, 0.2) is 0 Å². The van der Waals surface area contributed by atoms with Crippen LogP contribution in [0.1, 0.15) is 25.3 Å². The van der Waals surface area contributed by atoms with Gasteiger partial charge >= 0.3 is 0 Å². The monoisotopic (exact) mass is 306 g/mol. The van der Waals surface area contributed by atoms with Gasteiger partial charge in [0.25, 0.3) is 0 Å². The Hall–Kier alpha value is -1.42. The van der Waals surface area contributed by atoms with Gasteiger partial charge < -0.3 is 4.74 Å². The van der Waals surface area contributed by atoms with Crippen molar-refractivity contribution in [2.75, 3.05) is 0 Å². The van der Waals surface area contributed by atoms with Gasteiger partial charge in [0.05, 0.1) is 4.47 Å². The Morgan fingerprint density at radius 1 is 1.22 bits per heavy atom. The predicted octanol–water partition coefficient (Wildman–Crippen LogP) is 4.37. The van der Waals surface area contributed by atoms with Gasteiger partial charge in [0.1, 0.15) is 12.1 Å². The minimum absolute atomic E-state index is 0.534. The van der Waals surface area contributed by atoms with Crippen LogP contribution in [0.5, 0.6) is 11.6 Å². The standard InChI is InChI=1S/C14H15BrN2O/c1-2-3-4-11-5-7-12(8-6-11)18-14-13(15)9-16-10-17-14/h5-10H,2-4H2,1H3. The molecule has 0 saturated carbocycles. The number of ether oxygens (including phenoxy) is 1. The molecule has 2 aromatic rings. The number of halogens is 1. The molecule has 1 heterocycles. The summed E-state index contributed by atoms with van der Waals surface area (Å²) in [6.07, 6.45) is 6.69. The molecule has 1 aromatic heterocycles. The first kappa shape index (κ1) is 13.0. The molecule has 0 spiro atoms. The maximum absolute atomic E-state index is 5.67. The van der Waals surface area contributed by atoms with E-state index in [1.807, 2.05) is 12.1 Å².